The molecule has 2 rings (SSSR count). The van der Waals surface area contributed by atoms with Crippen molar-refractivity contribution in [3.63, 3.8) is 0 Å². The molecule has 0 aliphatic carbocycles. The van der Waals surface area contributed by atoms with Crippen LogP contribution in [0.2, 0.25) is 0 Å². The summed E-state index contributed by atoms with van der Waals surface area (Å²) in [6, 6.07) is 9.99. The van der Waals surface area contributed by atoms with Crippen molar-refractivity contribution < 1.29 is 14.5 Å². The van der Waals surface area contributed by atoms with Crippen molar-refractivity contribution in [1.29, 1.82) is 0 Å². The Labute approximate surface area is 137 Å². The second kappa shape index (κ2) is 9.15. The molecule has 126 valence electrons. The number of amides is 3. The van der Waals surface area contributed by atoms with E-state index >= 15 is 0 Å². The van der Waals surface area contributed by atoms with Crippen molar-refractivity contribution >= 4 is 11.9 Å². The predicted octanol–water partition coefficient (Wildman–Crippen LogP) is -0.248. The van der Waals surface area contributed by atoms with Crippen molar-refractivity contribution in [3.05, 3.63) is 35.9 Å². The smallest absolute Gasteiger partial charge is 0.312 e. The molecule has 4 N–H and O–H groups in total. The van der Waals surface area contributed by atoms with Gasteiger partial charge in [0.1, 0.15) is 6.54 Å². The number of unbranched alkanes of at least 4 members (excludes halogenated alkanes) is 1. The van der Waals surface area contributed by atoms with E-state index in [4.69, 9.17) is 5.73 Å². The summed E-state index contributed by atoms with van der Waals surface area (Å²) in [6.45, 7) is 5.24. The molecule has 6 heteroatoms. The molecule has 23 heavy (non-hydrogen) atoms. The number of carbonyl (C=O) groups is 2. The lowest BCUT2D eigenvalue weighted by molar-refractivity contribution is -0.917. The number of nitrogens with one attached hydrogen (secondary N) is 2. The monoisotopic (exact) mass is 319 g/mol. The van der Waals surface area contributed by atoms with Gasteiger partial charge in [-0.05, 0) is 12.8 Å². The fourth-order valence-electron chi connectivity index (χ4n) is 2.90. The van der Waals surface area contributed by atoms with Gasteiger partial charge in [0.25, 0.3) is 0 Å². The third-order valence-corrected chi connectivity index (χ3v) is 4.24. The van der Waals surface area contributed by atoms with E-state index in [0.29, 0.717) is 13.0 Å². The lowest BCUT2D eigenvalue weighted by Gasteiger charge is -2.32. The minimum absolute atomic E-state index is 0.225. The summed E-state index contributed by atoms with van der Waals surface area (Å²) in [5.41, 5.74) is 6.34. The van der Waals surface area contributed by atoms with Crippen LogP contribution in [0.25, 0.3) is 0 Å². The highest BCUT2D eigenvalue weighted by molar-refractivity contribution is 5.76. The van der Waals surface area contributed by atoms with E-state index in [9.17, 15) is 9.59 Å². The molecule has 0 aromatic heterocycles. The van der Waals surface area contributed by atoms with Crippen molar-refractivity contribution in [1.82, 2.24) is 10.2 Å². The fourth-order valence-corrected chi connectivity index (χ4v) is 2.90. The average molecular weight is 319 g/mol. The van der Waals surface area contributed by atoms with Crippen LogP contribution in [0.1, 0.15) is 24.8 Å². The van der Waals surface area contributed by atoms with Gasteiger partial charge in [0.15, 0.2) is 0 Å². The number of rotatable bonds is 7. The maximum Gasteiger partial charge on any atom is 0.312 e. The second-order valence-corrected chi connectivity index (χ2v) is 6.04. The standard InChI is InChI=1S/C17H26N4O2/c18-17(23)19-9-5-4-8-16(22)21-12-10-20(11-13-21)14-15-6-2-1-3-7-15/h1-3,6-7H,4-5,8-14H2,(H3,18,19,23)/p+1. The Morgan fingerprint density at radius 2 is 1.83 bits per heavy atom. The highest BCUT2D eigenvalue weighted by atomic mass is 16.2. The van der Waals surface area contributed by atoms with Crippen LogP contribution in [0.4, 0.5) is 4.79 Å². The number of nitrogens with two attached hydrogens (primary N) is 1. The zero-order valence-corrected chi connectivity index (χ0v) is 13.6. The van der Waals surface area contributed by atoms with Crippen LogP contribution in [-0.4, -0.2) is 49.6 Å². The first-order valence-corrected chi connectivity index (χ1v) is 8.33. The Morgan fingerprint density at radius 1 is 1.13 bits per heavy atom. The van der Waals surface area contributed by atoms with Gasteiger partial charge in [-0.25, -0.2) is 4.79 Å². The van der Waals surface area contributed by atoms with Crippen LogP contribution in [0, 0.1) is 0 Å². The second-order valence-electron chi connectivity index (χ2n) is 6.04. The zero-order valence-electron chi connectivity index (χ0n) is 13.6. The lowest BCUT2D eigenvalue weighted by atomic mass is 10.2. The first kappa shape index (κ1) is 17.3. The Kier molecular flexibility index (Phi) is 6.87. The van der Waals surface area contributed by atoms with Gasteiger partial charge < -0.3 is 20.9 Å². The minimum atomic E-state index is -0.506. The third-order valence-electron chi connectivity index (χ3n) is 4.24. The summed E-state index contributed by atoms with van der Waals surface area (Å²) in [4.78, 5) is 26.2. The molecular formula is C17H27N4O2+. The first-order chi connectivity index (χ1) is 11.1. The highest BCUT2D eigenvalue weighted by Crippen LogP contribution is 2.02. The SMILES string of the molecule is NC(=O)NCCCCC(=O)N1CC[NH+](Cc2ccccc2)CC1. The number of nitrogens with zero attached hydrogens (tertiary/aromatic N) is 1. The van der Waals surface area contributed by atoms with E-state index in [0.717, 1.165) is 45.6 Å². The van der Waals surface area contributed by atoms with Gasteiger partial charge in [-0.2, -0.15) is 0 Å². The fraction of sp³-hybridized carbons (Fsp3) is 0.529. The molecule has 1 aliphatic heterocycles. The van der Waals surface area contributed by atoms with Crippen LogP contribution in [-0.2, 0) is 11.3 Å². The number of hydrogen-bond acceptors (Lipinski definition) is 2. The summed E-state index contributed by atoms with van der Waals surface area (Å²) >= 11 is 0. The molecule has 1 heterocycles. The summed E-state index contributed by atoms with van der Waals surface area (Å²) in [6.07, 6.45) is 2.12. The van der Waals surface area contributed by atoms with Crippen molar-refractivity contribution in [2.75, 3.05) is 32.7 Å². The van der Waals surface area contributed by atoms with Gasteiger partial charge in [-0.1, -0.05) is 30.3 Å². The largest absolute Gasteiger partial charge is 0.352 e. The number of quaternary nitrogens is 1. The molecule has 0 saturated carbocycles. The number of primary amides is 1. The van der Waals surface area contributed by atoms with E-state index in [2.05, 4.69) is 29.6 Å². The summed E-state index contributed by atoms with van der Waals surface area (Å²) in [7, 11) is 0. The van der Waals surface area contributed by atoms with Crippen LogP contribution in [0.15, 0.2) is 30.3 Å². The molecule has 1 aliphatic rings. The molecule has 0 radical (unpaired) electrons. The van der Waals surface area contributed by atoms with Gasteiger partial charge in [-0.3, -0.25) is 4.79 Å². The molecule has 6 nitrogen and oxygen atoms in total. The molecule has 1 aromatic carbocycles. The Morgan fingerprint density at radius 3 is 2.48 bits per heavy atom. The molecule has 0 bridgehead atoms. The third kappa shape index (κ3) is 6.28. The van der Waals surface area contributed by atoms with Crippen LogP contribution >= 0.6 is 0 Å². The topological polar surface area (TPSA) is 79.9 Å². The normalized spacial score (nSPS) is 15.4. The average Bonchev–Trinajstić information content (AvgIpc) is 2.56. The maximum absolute atomic E-state index is 12.2. The van der Waals surface area contributed by atoms with Crippen molar-refractivity contribution in [2.24, 2.45) is 5.73 Å². The lowest BCUT2D eigenvalue weighted by Crippen LogP contribution is -3.13. The van der Waals surface area contributed by atoms with Gasteiger partial charge in [0, 0.05) is 18.5 Å². The first-order valence-electron chi connectivity index (χ1n) is 8.33. The quantitative estimate of drug-likeness (QED) is 0.606. The number of urea groups is 1. The zero-order chi connectivity index (χ0) is 16.5. The molecule has 1 aromatic rings. The Bertz CT molecular complexity index is 499. The maximum atomic E-state index is 12.2. The van der Waals surface area contributed by atoms with Crippen LogP contribution < -0.4 is 16.0 Å². The summed E-state index contributed by atoms with van der Waals surface area (Å²) in [5, 5.41) is 2.54. The highest BCUT2D eigenvalue weighted by Gasteiger charge is 2.23. The molecule has 0 atom stereocenters. The molecule has 0 unspecified atom stereocenters. The van der Waals surface area contributed by atoms with Gasteiger partial charge in [0.05, 0.1) is 26.2 Å². The van der Waals surface area contributed by atoms with E-state index in [1.807, 2.05) is 11.0 Å². The van der Waals surface area contributed by atoms with Gasteiger partial charge >= 0.3 is 6.03 Å². The number of benzene rings is 1. The molecule has 1 saturated heterocycles. The molecule has 3 amide bonds. The molecule has 0 spiro atoms. The minimum Gasteiger partial charge on any atom is -0.352 e. The van der Waals surface area contributed by atoms with Crippen LogP contribution in [0.3, 0.4) is 0 Å². The van der Waals surface area contributed by atoms with E-state index < -0.39 is 6.03 Å². The summed E-state index contributed by atoms with van der Waals surface area (Å²) in [5.74, 6) is 0.225. The van der Waals surface area contributed by atoms with E-state index in [1.165, 1.54) is 10.5 Å². The Balaban J connectivity index is 1.62. The molecular weight excluding hydrogens is 292 g/mol. The van der Waals surface area contributed by atoms with E-state index in [-0.39, 0.29) is 5.91 Å². The Hall–Kier alpha value is -2.08. The molecule has 1 fully saturated rings. The van der Waals surface area contributed by atoms with Gasteiger partial charge in [-0.15, -0.1) is 0 Å². The summed E-state index contributed by atoms with van der Waals surface area (Å²) < 4.78 is 0. The van der Waals surface area contributed by atoms with Gasteiger partial charge in [0.2, 0.25) is 5.91 Å². The number of hydrogen-bond donors (Lipinski definition) is 3. The number of piperazine rings is 1. The van der Waals surface area contributed by atoms with Crippen molar-refractivity contribution in [2.45, 2.75) is 25.8 Å². The van der Waals surface area contributed by atoms with E-state index in [1.54, 1.807) is 0 Å². The van der Waals surface area contributed by atoms with Crippen LogP contribution in [0.5, 0.6) is 0 Å². The van der Waals surface area contributed by atoms with Crippen molar-refractivity contribution in [3.8, 4) is 0 Å². The predicted molar refractivity (Wildman–Crippen MR) is 88.9 cm³/mol. The number of carbonyl (C=O) groups excluding carboxylic acids is 2.